The topological polar surface area (TPSA) is 52.5 Å². The molecule has 0 radical (unpaired) electrons. The third kappa shape index (κ3) is 8.64. The van der Waals surface area contributed by atoms with Crippen molar-refractivity contribution in [2.45, 2.75) is 26.9 Å². The summed E-state index contributed by atoms with van der Waals surface area (Å²) in [5.41, 5.74) is 1.99. The Balaban J connectivity index is 0.00000187. The van der Waals surface area contributed by atoms with Gasteiger partial charge in [-0.25, -0.2) is 4.39 Å². The number of nitrogens with zero attached hydrogens (tertiary/aromatic N) is 4. The lowest BCUT2D eigenvalue weighted by Gasteiger charge is -2.35. The summed E-state index contributed by atoms with van der Waals surface area (Å²) in [6, 6.07) is 3.77. The van der Waals surface area contributed by atoms with Crippen LogP contribution in [0.25, 0.3) is 0 Å². The molecule has 3 rings (SSSR count). The largest absolute Gasteiger partial charge is 0.385 e. The van der Waals surface area contributed by atoms with Crippen LogP contribution < -0.4 is 4.90 Å². The van der Waals surface area contributed by atoms with Gasteiger partial charge in [-0.1, -0.05) is 62.8 Å². The van der Waals surface area contributed by atoms with Gasteiger partial charge in [0.15, 0.2) is 5.82 Å². The van der Waals surface area contributed by atoms with E-state index in [0.717, 1.165) is 37.6 Å². The number of allylic oxidation sites excluding steroid dienone is 7. The maximum Gasteiger partial charge on any atom is 0.151 e. The lowest BCUT2D eigenvalue weighted by Crippen LogP contribution is -2.47. The Kier molecular flexibility index (Phi) is 11.0. The highest BCUT2D eigenvalue weighted by molar-refractivity contribution is 5.47. The molecule has 1 atom stereocenters. The molecule has 0 amide bonds. The molecule has 1 aromatic heterocycles. The lowest BCUT2D eigenvalue weighted by atomic mass is 10.2. The molecular weight excluding hydrogens is 415 g/mol. The Hall–Kier alpha value is -3.27. The van der Waals surface area contributed by atoms with Gasteiger partial charge in [-0.15, -0.1) is 10.2 Å². The molecule has 2 heterocycles. The minimum Gasteiger partial charge on any atom is -0.385 e. The number of hydrogen-bond donors (Lipinski definition) is 1. The zero-order valence-electron chi connectivity index (χ0n) is 19.7. The fourth-order valence-electron chi connectivity index (χ4n) is 3.25. The van der Waals surface area contributed by atoms with E-state index in [1.165, 1.54) is 6.92 Å². The summed E-state index contributed by atoms with van der Waals surface area (Å²) in [5.74, 6) is 6.64. The summed E-state index contributed by atoms with van der Waals surface area (Å²) in [4.78, 5) is 4.40. The van der Waals surface area contributed by atoms with Crippen molar-refractivity contribution in [2.24, 2.45) is 0 Å². The number of aliphatic hydroxyl groups is 1. The van der Waals surface area contributed by atoms with Crippen LogP contribution in [0.5, 0.6) is 0 Å². The van der Waals surface area contributed by atoms with Gasteiger partial charge in [-0.2, -0.15) is 0 Å². The molecule has 0 bridgehead atoms. The van der Waals surface area contributed by atoms with Crippen LogP contribution in [0.2, 0.25) is 0 Å². The molecule has 1 N–H and O–H groups in total. The molecule has 1 unspecified atom stereocenters. The van der Waals surface area contributed by atoms with Crippen LogP contribution in [0.4, 0.5) is 10.2 Å². The van der Waals surface area contributed by atoms with E-state index in [2.05, 4.69) is 38.4 Å². The van der Waals surface area contributed by atoms with Crippen molar-refractivity contribution >= 4 is 5.82 Å². The highest BCUT2D eigenvalue weighted by Crippen LogP contribution is 2.16. The molecule has 1 aromatic rings. The summed E-state index contributed by atoms with van der Waals surface area (Å²) in [7, 11) is 0. The Morgan fingerprint density at radius 1 is 1.18 bits per heavy atom. The van der Waals surface area contributed by atoms with E-state index in [9.17, 15) is 9.50 Å². The second-order valence-electron chi connectivity index (χ2n) is 7.30. The van der Waals surface area contributed by atoms with Gasteiger partial charge in [0, 0.05) is 38.3 Å². The zero-order valence-corrected chi connectivity index (χ0v) is 19.7. The predicted octanol–water partition coefficient (Wildman–Crippen LogP) is 4.38. The van der Waals surface area contributed by atoms with E-state index in [1.807, 2.05) is 38.1 Å². The molecule has 0 aromatic carbocycles. The van der Waals surface area contributed by atoms with Crippen LogP contribution in [0.15, 0.2) is 84.3 Å². The number of hydrogen-bond acceptors (Lipinski definition) is 5. The highest BCUT2D eigenvalue weighted by atomic mass is 19.1. The fraction of sp³-hybridized carbons (Fsp3) is 0.333. The highest BCUT2D eigenvalue weighted by Gasteiger charge is 2.19. The van der Waals surface area contributed by atoms with Crippen molar-refractivity contribution < 1.29 is 9.50 Å². The summed E-state index contributed by atoms with van der Waals surface area (Å²) in [6.45, 7) is 12.9. The van der Waals surface area contributed by atoms with Crippen molar-refractivity contribution in [3.8, 4) is 11.8 Å². The maximum absolute atomic E-state index is 13.7. The number of aromatic nitrogens is 2. The number of anilines is 1. The van der Waals surface area contributed by atoms with Crippen LogP contribution in [0.1, 0.15) is 26.5 Å². The monoisotopic (exact) mass is 448 g/mol. The van der Waals surface area contributed by atoms with E-state index >= 15 is 0 Å². The summed E-state index contributed by atoms with van der Waals surface area (Å²) in [5, 5.41) is 18.3. The van der Waals surface area contributed by atoms with Crippen LogP contribution in [0.3, 0.4) is 0 Å². The summed E-state index contributed by atoms with van der Waals surface area (Å²) < 4.78 is 13.7. The molecule has 1 aliphatic heterocycles. The molecule has 33 heavy (non-hydrogen) atoms. The molecule has 174 valence electrons. The first kappa shape index (κ1) is 26.0. The van der Waals surface area contributed by atoms with E-state index < -0.39 is 6.10 Å². The molecule has 1 aliphatic carbocycles. The van der Waals surface area contributed by atoms with Gasteiger partial charge in [0.05, 0.1) is 6.10 Å². The average molecular weight is 449 g/mol. The molecule has 0 spiro atoms. The maximum atomic E-state index is 13.7. The van der Waals surface area contributed by atoms with Gasteiger partial charge in [-0.05, 0) is 42.7 Å². The first-order valence-electron chi connectivity index (χ1n) is 11.3. The Bertz CT molecular complexity index is 981. The van der Waals surface area contributed by atoms with Gasteiger partial charge >= 0.3 is 0 Å². The van der Waals surface area contributed by atoms with Gasteiger partial charge in [-0.3, -0.25) is 4.90 Å². The molecule has 2 aliphatic rings. The van der Waals surface area contributed by atoms with Crippen LogP contribution in [-0.4, -0.2) is 59.0 Å². The van der Waals surface area contributed by atoms with E-state index in [0.29, 0.717) is 17.8 Å². The summed E-state index contributed by atoms with van der Waals surface area (Å²) in [6.07, 6.45) is 13.4. The standard InChI is InChI=1S/C25H27FN4O.C2H6/c1-3-4-8-22(20(2)26)19-29-14-16-30(17-15-29)25-13-12-23(27-28-25)11-10-21-7-5-6-9-24(31)18-21;1-2/h3-9,12-13,18,24,31H,1,14-17,19H2,2H3;1-2H3/b8-4-,22-20-;. The van der Waals surface area contributed by atoms with Crippen molar-refractivity contribution in [2.75, 3.05) is 37.6 Å². The van der Waals surface area contributed by atoms with E-state index in [-0.39, 0.29) is 5.83 Å². The van der Waals surface area contributed by atoms with Gasteiger partial charge in [0.1, 0.15) is 11.5 Å². The predicted molar refractivity (Wildman–Crippen MR) is 134 cm³/mol. The van der Waals surface area contributed by atoms with E-state index in [4.69, 9.17) is 0 Å². The number of aliphatic hydroxyl groups excluding tert-OH is 1. The van der Waals surface area contributed by atoms with Crippen LogP contribution >= 0.6 is 0 Å². The summed E-state index contributed by atoms with van der Waals surface area (Å²) >= 11 is 0. The van der Waals surface area contributed by atoms with Crippen molar-refractivity contribution in [3.05, 3.63) is 90.0 Å². The quantitative estimate of drug-likeness (QED) is 0.535. The smallest absolute Gasteiger partial charge is 0.151 e. The Morgan fingerprint density at radius 3 is 2.58 bits per heavy atom. The molecule has 1 saturated heterocycles. The lowest BCUT2D eigenvalue weighted by molar-refractivity contribution is 0.271. The molecule has 6 heteroatoms. The third-order valence-electron chi connectivity index (χ3n) is 5.00. The third-order valence-corrected chi connectivity index (χ3v) is 5.00. The minimum absolute atomic E-state index is 0.163. The second-order valence-corrected chi connectivity index (χ2v) is 7.30. The number of piperazine rings is 1. The van der Waals surface area contributed by atoms with Gasteiger partial charge in [0.2, 0.25) is 0 Å². The van der Waals surface area contributed by atoms with Crippen molar-refractivity contribution in [1.29, 1.82) is 0 Å². The zero-order chi connectivity index (χ0) is 24.1. The first-order valence-corrected chi connectivity index (χ1v) is 11.3. The first-order chi connectivity index (χ1) is 16.0. The SMILES string of the molecule is C=C/C=C\C(CN1CCN(c2ccc(C#CC3=CC(O)C=CC=C3)nn2)CC1)=C(/C)F.CC. The van der Waals surface area contributed by atoms with Crippen LogP contribution in [0, 0.1) is 11.8 Å². The molecular formula is C27H33FN4O. The van der Waals surface area contributed by atoms with Gasteiger partial charge < -0.3 is 10.0 Å². The fourth-order valence-corrected chi connectivity index (χ4v) is 3.25. The van der Waals surface area contributed by atoms with Crippen molar-refractivity contribution in [1.82, 2.24) is 15.1 Å². The molecule has 1 fully saturated rings. The Morgan fingerprint density at radius 2 is 1.94 bits per heavy atom. The average Bonchev–Trinajstić information content (AvgIpc) is 3.06. The number of halogens is 1. The minimum atomic E-state index is -0.634. The van der Waals surface area contributed by atoms with Crippen LogP contribution in [-0.2, 0) is 0 Å². The molecule has 0 saturated carbocycles. The second kappa shape index (κ2) is 14.0. The normalized spacial score (nSPS) is 19.0. The van der Waals surface area contributed by atoms with E-state index in [1.54, 1.807) is 36.5 Å². The van der Waals surface area contributed by atoms with Crippen molar-refractivity contribution in [3.63, 3.8) is 0 Å². The Labute approximate surface area is 197 Å². The van der Waals surface area contributed by atoms with Gasteiger partial charge in [0.25, 0.3) is 0 Å². The molecule has 5 nitrogen and oxygen atoms in total. The number of rotatable bonds is 5.